The van der Waals surface area contributed by atoms with E-state index in [-0.39, 0.29) is 11.9 Å². The summed E-state index contributed by atoms with van der Waals surface area (Å²) >= 11 is 0. The molecule has 1 rings (SSSR count). The quantitative estimate of drug-likeness (QED) is 0.702. The third-order valence-corrected chi connectivity index (χ3v) is 3.29. The number of nitrogens with two attached hydrogens (primary N) is 1. The fraction of sp³-hybridized carbons (Fsp3) is 0.923. The minimum Gasteiger partial charge on any atom is -0.353 e. The van der Waals surface area contributed by atoms with E-state index >= 15 is 0 Å². The van der Waals surface area contributed by atoms with E-state index in [1.165, 1.54) is 25.7 Å². The first-order valence-corrected chi connectivity index (χ1v) is 6.87. The summed E-state index contributed by atoms with van der Waals surface area (Å²) in [6, 6.07) is 0.821. The van der Waals surface area contributed by atoms with Crippen LogP contribution in [0, 0.1) is 0 Å². The van der Waals surface area contributed by atoms with Crippen LogP contribution in [0.25, 0.3) is 0 Å². The Morgan fingerprint density at radius 2 is 2.06 bits per heavy atom. The van der Waals surface area contributed by atoms with E-state index in [0.29, 0.717) is 19.1 Å². The lowest BCUT2D eigenvalue weighted by Gasteiger charge is -2.28. The van der Waals surface area contributed by atoms with E-state index in [9.17, 15) is 4.79 Å². The van der Waals surface area contributed by atoms with Crippen LogP contribution in [0.3, 0.4) is 0 Å². The Balaban J connectivity index is 2.41. The molecule has 1 amide bonds. The third-order valence-electron chi connectivity index (χ3n) is 3.29. The molecule has 0 unspecified atom stereocenters. The molecule has 4 nitrogen and oxygen atoms in total. The Morgan fingerprint density at radius 1 is 1.41 bits per heavy atom. The van der Waals surface area contributed by atoms with Crippen LogP contribution in [0.2, 0.25) is 0 Å². The van der Waals surface area contributed by atoms with Gasteiger partial charge in [-0.1, -0.05) is 12.8 Å². The van der Waals surface area contributed by atoms with Crippen molar-refractivity contribution in [2.24, 2.45) is 5.73 Å². The average molecular weight is 241 g/mol. The normalized spacial score (nSPS) is 17.0. The van der Waals surface area contributed by atoms with Crippen molar-refractivity contribution in [2.75, 3.05) is 19.6 Å². The van der Waals surface area contributed by atoms with Gasteiger partial charge in [0.05, 0.1) is 6.54 Å². The van der Waals surface area contributed by atoms with Gasteiger partial charge in [-0.2, -0.15) is 0 Å². The predicted octanol–water partition coefficient (Wildman–Crippen LogP) is 1.10. The second-order valence-corrected chi connectivity index (χ2v) is 5.27. The molecule has 0 heterocycles. The van der Waals surface area contributed by atoms with Gasteiger partial charge in [-0.15, -0.1) is 0 Å². The molecule has 17 heavy (non-hydrogen) atoms. The summed E-state index contributed by atoms with van der Waals surface area (Å²) in [5, 5.41) is 2.96. The van der Waals surface area contributed by atoms with Crippen LogP contribution >= 0.6 is 0 Å². The van der Waals surface area contributed by atoms with Crippen LogP contribution < -0.4 is 11.1 Å². The standard InChI is InChI=1S/C13H27N3O/c1-11(2)15-13(17)10-16(9-5-8-14)12-6-3-4-7-12/h11-12H,3-10,14H2,1-2H3,(H,15,17). The molecule has 1 fully saturated rings. The van der Waals surface area contributed by atoms with E-state index in [0.717, 1.165) is 13.0 Å². The van der Waals surface area contributed by atoms with Gasteiger partial charge in [0.2, 0.25) is 5.91 Å². The van der Waals surface area contributed by atoms with Crippen LogP contribution in [0.4, 0.5) is 0 Å². The number of nitrogens with zero attached hydrogens (tertiary/aromatic N) is 1. The maximum atomic E-state index is 11.8. The van der Waals surface area contributed by atoms with Crippen LogP contribution in [-0.2, 0) is 4.79 Å². The molecule has 4 heteroatoms. The molecule has 100 valence electrons. The third kappa shape index (κ3) is 5.50. The van der Waals surface area contributed by atoms with E-state index in [2.05, 4.69) is 10.2 Å². The van der Waals surface area contributed by atoms with Crippen molar-refractivity contribution in [1.29, 1.82) is 0 Å². The Kier molecular flexibility index (Phi) is 6.52. The van der Waals surface area contributed by atoms with Gasteiger partial charge < -0.3 is 11.1 Å². The maximum absolute atomic E-state index is 11.8. The molecule has 0 saturated heterocycles. The highest BCUT2D eigenvalue weighted by molar-refractivity contribution is 5.78. The van der Waals surface area contributed by atoms with Crippen molar-refractivity contribution in [2.45, 2.75) is 58.0 Å². The first-order valence-electron chi connectivity index (χ1n) is 6.87. The minimum absolute atomic E-state index is 0.143. The summed E-state index contributed by atoms with van der Waals surface area (Å²) in [4.78, 5) is 14.1. The molecule has 3 N–H and O–H groups in total. The van der Waals surface area contributed by atoms with Gasteiger partial charge in [-0.25, -0.2) is 0 Å². The van der Waals surface area contributed by atoms with Crippen molar-refractivity contribution in [3.63, 3.8) is 0 Å². The van der Waals surface area contributed by atoms with Crippen LogP contribution in [0.5, 0.6) is 0 Å². The van der Waals surface area contributed by atoms with E-state index in [1.54, 1.807) is 0 Å². The lowest BCUT2D eigenvalue weighted by molar-refractivity contribution is -0.123. The minimum atomic E-state index is 0.143. The zero-order valence-electron chi connectivity index (χ0n) is 11.2. The average Bonchev–Trinajstić information content (AvgIpc) is 2.76. The van der Waals surface area contributed by atoms with Crippen LogP contribution in [-0.4, -0.2) is 42.5 Å². The monoisotopic (exact) mass is 241 g/mol. The molecular formula is C13H27N3O. The topological polar surface area (TPSA) is 58.4 Å². The summed E-state index contributed by atoms with van der Waals surface area (Å²) in [7, 11) is 0. The first-order chi connectivity index (χ1) is 8.13. The van der Waals surface area contributed by atoms with E-state index in [1.807, 2.05) is 13.8 Å². The number of carbonyl (C=O) groups excluding carboxylic acids is 1. The van der Waals surface area contributed by atoms with Crippen molar-refractivity contribution in [3.05, 3.63) is 0 Å². The molecule has 0 atom stereocenters. The smallest absolute Gasteiger partial charge is 0.234 e. The van der Waals surface area contributed by atoms with Gasteiger partial charge in [-0.05, 0) is 39.7 Å². The fourth-order valence-corrected chi connectivity index (χ4v) is 2.51. The number of hydrogen-bond donors (Lipinski definition) is 2. The van der Waals surface area contributed by atoms with E-state index < -0.39 is 0 Å². The summed E-state index contributed by atoms with van der Waals surface area (Å²) in [6.07, 6.45) is 6.05. The molecule has 0 radical (unpaired) electrons. The first kappa shape index (κ1) is 14.5. The van der Waals surface area contributed by atoms with E-state index in [4.69, 9.17) is 5.73 Å². The van der Waals surface area contributed by atoms with Gasteiger partial charge in [0.25, 0.3) is 0 Å². The second-order valence-electron chi connectivity index (χ2n) is 5.27. The van der Waals surface area contributed by atoms with Gasteiger partial charge in [0, 0.05) is 18.6 Å². The summed E-state index contributed by atoms with van der Waals surface area (Å²) in [6.45, 7) is 6.18. The number of amides is 1. The molecule has 0 bridgehead atoms. The Morgan fingerprint density at radius 3 is 2.59 bits per heavy atom. The number of hydrogen-bond acceptors (Lipinski definition) is 3. The van der Waals surface area contributed by atoms with Crippen molar-refractivity contribution in [1.82, 2.24) is 10.2 Å². The van der Waals surface area contributed by atoms with Crippen LogP contribution in [0.1, 0.15) is 46.0 Å². The Bertz CT molecular complexity index is 225. The zero-order valence-corrected chi connectivity index (χ0v) is 11.2. The molecule has 1 aliphatic carbocycles. The summed E-state index contributed by atoms with van der Waals surface area (Å²) in [5.74, 6) is 0.143. The number of rotatable bonds is 7. The number of carbonyl (C=O) groups is 1. The lowest BCUT2D eigenvalue weighted by atomic mass is 10.2. The van der Waals surface area contributed by atoms with Crippen molar-refractivity contribution < 1.29 is 4.79 Å². The number of nitrogens with one attached hydrogen (secondary N) is 1. The van der Waals surface area contributed by atoms with Crippen molar-refractivity contribution >= 4 is 5.91 Å². The molecule has 0 spiro atoms. The van der Waals surface area contributed by atoms with Gasteiger partial charge in [0.15, 0.2) is 0 Å². The zero-order chi connectivity index (χ0) is 12.7. The lowest BCUT2D eigenvalue weighted by Crippen LogP contribution is -2.44. The van der Waals surface area contributed by atoms with Gasteiger partial charge in [-0.3, -0.25) is 9.69 Å². The summed E-state index contributed by atoms with van der Waals surface area (Å²) < 4.78 is 0. The molecule has 1 aliphatic rings. The Hall–Kier alpha value is -0.610. The second kappa shape index (κ2) is 7.67. The molecule has 0 aromatic carbocycles. The fourth-order valence-electron chi connectivity index (χ4n) is 2.51. The molecule has 0 aromatic heterocycles. The molecule has 1 saturated carbocycles. The van der Waals surface area contributed by atoms with Crippen LogP contribution in [0.15, 0.2) is 0 Å². The Labute approximate surface area is 105 Å². The molecule has 0 aromatic rings. The highest BCUT2D eigenvalue weighted by Crippen LogP contribution is 2.23. The van der Waals surface area contributed by atoms with Gasteiger partial charge >= 0.3 is 0 Å². The largest absolute Gasteiger partial charge is 0.353 e. The highest BCUT2D eigenvalue weighted by Gasteiger charge is 2.23. The summed E-state index contributed by atoms with van der Waals surface area (Å²) in [5.41, 5.74) is 5.56. The predicted molar refractivity (Wildman–Crippen MR) is 70.8 cm³/mol. The SMILES string of the molecule is CC(C)NC(=O)CN(CCCN)C1CCCC1. The molecule has 0 aliphatic heterocycles. The highest BCUT2D eigenvalue weighted by atomic mass is 16.2. The van der Waals surface area contributed by atoms with Gasteiger partial charge in [0.1, 0.15) is 0 Å². The van der Waals surface area contributed by atoms with Crippen molar-refractivity contribution in [3.8, 4) is 0 Å². The maximum Gasteiger partial charge on any atom is 0.234 e. The molecular weight excluding hydrogens is 214 g/mol.